The molecular weight excluding hydrogens is 202 g/mol. The molecule has 1 heterocycles. The van der Waals surface area contributed by atoms with Gasteiger partial charge >= 0.3 is 0 Å². The highest BCUT2D eigenvalue weighted by atomic mass is 32.2. The molecule has 1 rings (SSSR count). The van der Waals surface area contributed by atoms with Crippen LogP contribution in [0.4, 0.5) is 0 Å². The van der Waals surface area contributed by atoms with Gasteiger partial charge in [-0.05, 0) is 6.26 Å². The van der Waals surface area contributed by atoms with Gasteiger partial charge in [-0.3, -0.25) is 4.79 Å². The molecule has 0 spiro atoms. The largest absolute Gasteiger partial charge is 0.481 e. The van der Waals surface area contributed by atoms with Gasteiger partial charge in [0.1, 0.15) is 0 Å². The molecule has 0 aromatic carbocycles. The third kappa shape index (κ3) is 2.88. The van der Waals surface area contributed by atoms with Gasteiger partial charge in [0.25, 0.3) is 0 Å². The zero-order chi connectivity index (χ0) is 10.4. The van der Waals surface area contributed by atoms with E-state index in [4.69, 9.17) is 4.74 Å². The van der Waals surface area contributed by atoms with Crippen molar-refractivity contribution < 1.29 is 9.53 Å². The molecule has 0 aliphatic carbocycles. The van der Waals surface area contributed by atoms with Crippen LogP contribution in [0.25, 0.3) is 0 Å². The van der Waals surface area contributed by atoms with Crippen molar-refractivity contribution in [2.75, 3.05) is 13.4 Å². The predicted molar refractivity (Wildman–Crippen MR) is 53.3 cm³/mol. The Morgan fingerprint density at radius 1 is 1.64 bits per heavy atom. The first kappa shape index (κ1) is 10.8. The maximum absolute atomic E-state index is 10.1. The third-order valence-electron chi connectivity index (χ3n) is 1.49. The van der Waals surface area contributed by atoms with Gasteiger partial charge < -0.3 is 10.1 Å². The van der Waals surface area contributed by atoms with E-state index in [-0.39, 0.29) is 0 Å². The van der Waals surface area contributed by atoms with Crippen LogP contribution in [-0.4, -0.2) is 29.7 Å². The number of carbonyl (C=O) groups excluding carboxylic acids is 1. The lowest BCUT2D eigenvalue weighted by Gasteiger charge is -2.04. The molecule has 0 fully saturated rings. The number of methoxy groups -OCH3 is 1. The molecule has 1 amide bonds. The minimum absolute atomic E-state index is 0.385. The summed E-state index contributed by atoms with van der Waals surface area (Å²) in [6, 6.07) is 1.69. The van der Waals surface area contributed by atoms with Crippen molar-refractivity contribution >= 4 is 18.2 Å². The second-order valence-corrected chi connectivity index (χ2v) is 3.16. The van der Waals surface area contributed by atoms with Crippen LogP contribution in [0.15, 0.2) is 11.2 Å². The predicted octanol–water partition coefficient (Wildman–Crippen LogP) is 0.453. The van der Waals surface area contributed by atoms with E-state index in [0.717, 1.165) is 5.69 Å². The van der Waals surface area contributed by atoms with Crippen molar-refractivity contribution in [1.29, 1.82) is 0 Å². The SMILES string of the molecule is COc1cc(CNC=O)nc(SC)n1. The number of hydrogen-bond donors (Lipinski definition) is 1. The first-order chi connectivity index (χ1) is 6.80. The van der Waals surface area contributed by atoms with Gasteiger partial charge in [-0.15, -0.1) is 0 Å². The Labute approximate surface area is 86.3 Å². The Morgan fingerprint density at radius 3 is 3.00 bits per heavy atom. The van der Waals surface area contributed by atoms with Crippen molar-refractivity contribution in [3.63, 3.8) is 0 Å². The standard InChI is InChI=1S/C8H11N3O2S/c1-13-7-3-6(4-9-5-12)10-8(11-7)14-2/h3,5H,4H2,1-2H3,(H,9,12). The van der Waals surface area contributed by atoms with Crippen molar-refractivity contribution in [3.8, 4) is 5.88 Å². The summed E-state index contributed by atoms with van der Waals surface area (Å²) in [5, 5.41) is 3.16. The number of amides is 1. The van der Waals surface area contributed by atoms with E-state index in [1.807, 2.05) is 6.26 Å². The summed E-state index contributed by atoms with van der Waals surface area (Å²) < 4.78 is 5.00. The molecule has 0 radical (unpaired) electrons. The smallest absolute Gasteiger partial charge is 0.217 e. The van der Waals surface area contributed by atoms with E-state index in [2.05, 4.69) is 15.3 Å². The van der Waals surface area contributed by atoms with E-state index in [1.54, 1.807) is 13.2 Å². The minimum Gasteiger partial charge on any atom is -0.481 e. The van der Waals surface area contributed by atoms with E-state index >= 15 is 0 Å². The summed E-state index contributed by atoms with van der Waals surface area (Å²) in [5.41, 5.74) is 0.730. The summed E-state index contributed by atoms with van der Waals surface area (Å²) in [5.74, 6) is 0.507. The number of ether oxygens (including phenoxy) is 1. The molecule has 0 unspecified atom stereocenters. The Morgan fingerprint density at radius 2 is 2.43 bits per heavy atom. The molecule has 6 heteroatoms. The van der Waals surface area contributed by atoms with E-state index in [9.17, 15) is 4.79 Å². The topological polar surface area (TPSA) is 64.1 Å². The molecule has 5 nitrogen and oxygen atoms in total. The van der Waals surface area contributed by atoms with Gasteiger partial charge in [0.05, 0.1) is 19.3 Å². The van der Waals surface area contributed by atoms with Crippen molar-refractivity contribution in [2.45, 2.75) is 11.7 Å². The molecule has 0 aliphatic rings. The summed E-state index contributed by atoms with van der Waals surface area (Å²) in [7, 11) is 1.55. The summed E-state index contributed by atoms with van der Waals surface area (Å²) in [6.45, 7) is 0.385. The number of nitrogens with one attached hydrogen (secondary N) is 1. The van der Waals surface area contributed by atoms with Crippen LogP contribution < -0.4 is 10.1 Å². The molecule has 0 bridgehead atoms. The molecule has 1 aromatic heterocycles. The van der Waals surface area contributed by atoms with Crippen molar-refractivity contribution in [2.24, 2.45) is 0 Å². The molecular formula is C8H11N3O2S. The van der Waals surface area contributed by atoms with Gasteiger partial charge in [0, 0.05) is 6.07 Å². The quantitative estimate of drug-likeness (QED) is 0.437. The summed E-state index contributed by atoms with van der Waals surface area (Å²) in [6.07, 6.45) is 2.51. The molecule has 0 aliphatic heterocycles. The molecule has 14 heavy (non-hydrogen) atoms. The molecule has 0 saturated carbocycles. The van der Waals surface area contributed by atoms with Gasteiger partial charge in [-0.2, -0.15) is 4.98 Å². The molecule has 0 atom stereocenters. The Balaban J connectivity index is 2.86. The highest BCUT2D eigenvalue weighted by Gasteiger charge is 2.03. The lowest BCUT2D eigenvalue weighted by molar-refractivity contribution is -0.109. The summed E-state index contributed by atoms with van der Waals surface area (Å²) in [4.78, 5) is 18.4. The van der Waals surface area contributed by atoms with Crippen molar-refractivity contribution in [1.82, 2.24) is 15.3 Å². The third-order valence-corrected chi connectivity index (χ3v) is 2.04. The van der Waals surface area contributed by atoms with Crippen LogP contribution in [0, 0.1) is 0 Å². The van der Waals surface area contributed by atoms with Crippen LogP contribution in [-0.2, 0) is 11.3 Å². The highest BCUT2D eigenvalue weighted by molar-refractivity contribution is 7.98. The summed E-state index contributed by atoms with van der Waals surface area (Å²) >= 11 is 1.43. The maximum atomic E-state index is 10.1. The second kappa shape index (κ2) is 5.43. The number of hydrogen-bond acceptors (Lipinski definition) is 5. The van der Waals surface area contributed by atoms with E-state index in [0.29, 0.717) is 24.0 Å². The van der Waals surface area contributed by atoms with E-state index < -0.39 is 0 Å². The van der Waals surface area contributed by atoms with Crippen LogP contribution in [0.3, 0.4) is 0 Å². The van der Waals surface area contributed by atoms with Crippen molar-refractivity contribution in [3.05, 3.63) is 11.8 Å². The van der Waals surface area contributed by atoms with Gasteiger partial charge in [0.2, 0.25) is 12.3 Å². The van der Waals surface area contributed by atoms with Crippen LogP contribution in [0.1, 0.15) is 5.69 Å². The molecule has 1 N–H and O–H groups in total. The van der Waals surface area contributed by atoms with Gasteiger partial charge in [-0.1, -0.05) is 11.8 Å². The van der Waals surface area contributed by atoms with Crippen LogP contribution in [0.5, 0.6) is 5.88 Å². The fourth-order valence-electron chi connectivity index (χ4n) is 0.882. The van der Waals surface area contributed by atoms with Gasteiger partial charge in [-0.25, -0.2) is 4.98 Å². The Bertz CT molecular complexity index is 297. The minimum atomic E-state index is 0.385. The zero-order valence-corrected chi connectivity index (χ0v) is 8.80. The van der Waals surface area contributed by atoms with Crippen LogP contribution >= 0.6 is 11.8 Å². The first-order valence-electron chi connectivity index (χ1n) is 3.93. The number of carbonyl (C=O) groups is 1. The zero-order valence-electron chi connectivity index (χ0n) is 7.98. The number of rotatable bonds is 5. The van der Waals surface area contributed by atoms with Crippen LogP contribution in [0.2, 0.25) is 0 Å². The first-order valence-corrected chi connectivity index (χ1v) is 5.15. The average Bonchev–Trinajstić information content (AvgIpc) is 2.25. The fourth-order valence-corrected chi connectivity index (χ4v) is 1.27. The highest BCUT2D eigenvalue weighted by Crippen LogP contribution is 2.15. The van der Waals surface area contributed by atoms with Gasteiger partial charge in [0.15, 0.2) is 5.16 Å². The lowest BCUT2D eigenvalue weighted by atomic mass is 10.4. The Hall–Kier alpha value is -1.30. The number of aromatic nitrogens is 2. The lowest BCUT2D eigenvalue weighted by Crippen LogP contribution is -2.12. The monoisotopic (exact) mass is 213 g/mol. The Kier molecular flexibility index (Phi) is 4.18. The number of thioether (sulfide) groups is 1. The fraction of sp³-hybridized carbons (Fsp3) is 0.375. The average molecular weight is 213 g/mol. The maximum Gasteiger partial charge on any atom is 0.217 e. The molecule has 0 saturated heterocycles. The number of nitrogens with zero attached hydrogens (tertiary/aromatic N) is 2. The normalized spacial score (nSPS) is 9.57. The molecule has 1 aromatic rings. The molecule has 76 valence electrons. The van der Waals surface area contributed by atoms with E-state index in [1.165, 1.54) is 11.8 Å². The second-order valence-electron chi connectivity index (χ2n) is 2.39.